The standard InChI is InChI=1S/C9H17N3/c1-4-9(2,3)12-6-5-11-8(12)7-10/h5-6H,4,7,10H2,1-3H3. The molecule has 68 valence electrons. The van der Waals surface area contributed by atoms with Crippen LogP contribution >= 0.6 is 0 Å². The molecule has 3 heteroatoms. The Hall–Kier alpha value is -0.830. The van der Waals surface area contributed by atoms with Crippen LogP contribution in [0.5, 0.6) is 0 Å². The first kappa shape index (κ1) is 9.26. The summed E-state index contributed by atoms with van der Waals surface area (Å²) in [4.78, 5) is 4.19. The average molecular weight is 167 g/mol. The summed E-state index contributed by atoms with van der Waals surface area (Å²) >= 11 is 0. The molecule has 3 nitrogen and oxygen atoms in total. The van der Waals surface area contributed by atoms with Crippen molar-refractivity contribution in [3.63, 3.8) is 0 Å². The van der Waals surface area contributed by atoms with Crippen LogP contribution in [0.2, 0.25) is 0 Å². The Kier molecular flexibility index (Phi) is 2.52. The molecule has 0 atom stereocenters. The maximum atomic E-state index is 5.56. The highest BCUT2D eigenvalue weighted by molar-refractivity contribution is 4.97. The molecule has 0 saturated carbocycles. The van der Waals surface area contributed by atoms with Gasteiger partial charge in [-0.1, -0.05) is 6.92 Å². The Morgan fingerprint density at radius 3 is 2.75 bits per heavy atom. The van der Waals surface area contributed by atoms with Crippen LogP contribution in [0.1, 0.15) is 33.0 Å². The van der Waals surface area contributed by atoms with E-state index < -0.39 is 0 Å². The molecule has 0 aromatic carbocycles. The first-order chi connectivity index (χ1) is 5.61. The molecule has 0 radical (unpaired) electrons. The van der Waals surface area contributed by atoms with Crippen LogP contribution in [0.3, 0.4) is 0 Å². The Balaban J connectivity index is 3.00. The molecule has 0 bridgehead atoms. The normalized spacial score (nSPS) is 12.0. The molecule has 1 aromatic rings. The second-order valence-corrected chi connectivity index (χ2v) is 3.58. The molecule has 0 fully saturated rings. The highest BCUT2D eigenvalue weighted by atomic mass is 15.1. The molecule has 0 aliphatic heterocycles. The topological polar surface area (TPSA) is 43.8 Å². The van der Waals surface area contributed by atoms with Crippen molar-refractivity contribution in [1.29, 1.82) is 0 Å². The smallest absolute Gasteiger partial charge is 0.122 e. The zero-order valence-electron chi connectivity index (χ0n) is 8.04. The van der Waals surface area contributed by atoms with Gasteiger partial charge >= 0.3 is 0 Å². The molecule has 0 amide bonds. The van der Waals surface area contributed by atoms with Crippen molar-refractivity contribution < 1.29 is 0 Å². The Morgan fingerprint density at radius 2 is 2.25 bits per heavy atom. The number of nitrogens with two attached hydrogens (primary N) is 1. The summed E-state index contributed by atoms with van der Waals surface area (Å²) in [6.45, 7) is 7.05. The van der Waals surface area contributed by atoms with Crippen molar-refractivity contribution in [3.8, 4) is 0 Å². The van der Waals surface area contributed by atoms with Gasteiger partial charge in [0, 0.05) is 17.9 Å². The molecule has 1 rings (SSSR count). The third-order valence-electron chi connectivity index (χ3n) is 2.42. The van der Waals surface area contributed by atoms with E-state index in [2.05, 4.69) is 30.3 Å². The summed E-state index contributed by atoms with van der Waals surface area (Å²) in [5, 5.41) is 0. The molecule has 1 aromatic heterocycles. The monoisotopic (exact) mass is 167 g/mol. The zero-order chi connectivity index (χ0) is 9.19. The second-order valence-electron chi connectivity index (χ2n) is 3.58. The zero-order valence-corrected chi connectivity index (χ0v) is 8.04. The molecule has 0 spiro atoms. The van der Waals surface area contributed by atoms with E-state index in [1.165, 1.54) is 0 Å². The molecule has 0 saturated heterocycles. The van der Waals surface area contributed by atoms with Crippen LogP contribution in [-0.4, -0.2) is 9.55 Å². The summed E-state index contributed by atoms with van der Waals surface area (Å²) in [6, 6.07) is 0. The lowest BCUT2D eigenvalue weighted by Crippen LogP contribution is -2.27. The summed E-state index contributed by atoms with van der Waals surface area (Å²) in [5.74, 6) is 0.960. The van der Waals surface area contributed by atoms with Crippen molar-refractivity contribution in [3.05, 3.63) is 18.2 Å². The van der Waals surface area contributed by atoms with E-state index >= 15 is 0 Å². The van der Waals surface area contributed by atoms with Gasteiger partial charge in [-0.05, 0) is 20.3 Å². The highest BCUT2D eigenvalue weighted by Gasteiger charge is 2.19. The summed E-state index contributed by atoms with van der Waals surface area (Å²) in [7, 11) is 0. The van der Waals surface area contributed by atoms with E-state index in [9.17, 15) is 0 Å². The minimum atomic E-state index is 0.130. The maximum Gasteiger partial charge on any atom is 0.122 e. The molecule has 2 N–H and O–H groups in total. The number of hydrogen-bond acceptors (Lipinski definition) is 2. The fraction of sp³-hybridized carbons (Fsp3) is 0.667. The Morgan fingerprint density at radius 1 is 1.58 bits per heavy atom. The van der Waals surface area contributed by atoms with Gasteiger partial charge in [0.1, 0.15) is 5.82 Å². The molecule has 0 aliphatic carbocycles. The van der Waals surface area contributed by atoms with Crippen LogP contribution in [-0.2, 0) is 12.1 Å². The van der Waals surface area contributed by atoms with Gasteiger partial charge in [0.25, 0.3) is 0 Å². The van der Waals surface area contributed by atoms with E-state index in [0.717, 1.165) is 12.2 Å². The molecule has 0 unspecified atom stereocenters. The van der Waals surface area contributed by atoms with Crippen molar-refractivity contribution in [2.45, 2.75) is 39.3 Å². The number of imidazole rings is 1. The molecular weight excluding hydrogens is 150 g/mol. The highest BCUT2D eigenvalue weighted by Crippen LogP contribution is 2.20. The lowest BCUT2D eigenvalue weighted by atomic mass is 10.0. The van der Waals surface area contributed by atoms with E-state index in [1.807, 2.05) is 6.20 Å². The van der Waals surface area contributed by atoms with Gasteiger partial charge in [-0.3, -0.25) is 0 Å². The first-order valence-corrected chi connectivity index (χ1v) is 4.34. The number of nitrogens with zero attached hydrogens (tertiary/aromatic N) is 2. The fourth-order valence-electron chi connectivity index (χ4n) is 1.21. The number of aromatic nitrogens is 2. The van der Waals surface area contributed by atoms with E-state index in [4.69, 9.17) is 5.73 Å². The molecule has 1 heterocycles. The average Bonchev–Trinajstić information content (AvgIpc) is 2.52. The summed E-state index contributed by atoms with van der Waals surface area (Å²) in [5.41, 5.74) is 5.69. The third kappa shape index (κ3) is 1.50. The molecular formula is C9H17N3. The van der Waals surface area contributed by atoms with Crippen molar-refractivity contribution >= 4 is 0 Å². The number of rotatable bonds is 3. The largest absolute Gasteiger partial charge is 0.328 e. The predicted molar refractivity (Wildman–Crippen MR) is 49.7 cm³/mol. The minimum absolute atomic E-state index is 0.130. The lowest BCUT2D eigenvalue weighted by Gasteiger charge is -2.26. The van der Waals surface area contributed by atoms with Crippen LogP contribution in [0, 0.1) is 0 Å². The van der Waals surface area contributed by atoms with Gasteiger partial charge in [0.15, 0.2) is 0 Å². The maximum absolute atomic E-state index is 5.56. The van der Waals surface area contributed by atoms with Crippen molar-refractivity contribution in [2.75, 3.05) is 0 Å². The molecule has 12 heavy (non-hydrogen) atoms. The minimum Gasteiger partial charge on any atom is -0.328 e. The quantitative estimate of drug-likeness (QED) is 0.741. The second kappa shape index (κ2) is 3.27. The van der Waals surface area contributed by atoms with Gasteiger partial charge in [0.05, 0.1) is 6.54 Å². The Labute approximate surface area is 73.6 Å². The van der Waals surface area contributed by atoms with Crippen LogP contribution < -0.4 is 5.73 Å². The van der Waals surface area contributed by atoms with Gasteiger partial charge in [-0.15, -0.1) is 0 Å². The fourth-order valence-corrected chi connectivity index (χ4v) is 1.21. The summed E-state index contributed by atoms with van der Waals surface area (Å²) < 4.78 is 2.15. The number of hydrogen-bond donors (Lipinski definition) is 1. The van der Waals surface area contributed by atoms with Gasteiger partial charge < -0.3 is 10.3 Å². The summed E-state index contributed by atoms with van der Waals surface area (Å²) in [6.07, 6.45) is 4.88. The Bertz CT molecular complexity index is 250. The van der Waals surface area contributed by atoms with E-state index in [1.54, 1.807) is 6.20 Å². The first-order valence-electron chi connectivity index (χ1n) is 4.34. The SMILES string of the molecule is CCC(C)(C)n1ccnc1CN. The van der Waals surface area contributed by atoms with Crippen LogP contribution in [0.15, 0.2) is 12.4 Å². The van der Waals surface area contributed by atoms with Crippen molar-refractivity contribution in [1.82, 2.24) is 9.55 Å². The van der Waals surface area contributed by atoms with Crippen LogP contribution in [0.4, 0.5) is 0 Å². The predicted octanol–water partition coefficient (Wildman–Crippen LogP) is 1.49. The van der Waals surface area contributed by atoms with E-state index in [-0.39, 0.29) is 5.54 Å². The van der Waals surface area contributed by atoms with Crippen molar-refractivity contribution in [2.24, 2.45) is 5.73 Å². The lowest BCUT2D eigenvalue weighted by molar-refractivity contribution is 0.331. The van der Waals surface area contributed by atoms with E-state index in [0.29, 0.717) is 6.54 Å². The van der Waals surface area contributed by atoms with Gasteiger partial charge in [0.2, 0.25) is 0 Å². The van der Waals surface area contributed by atoms with Gasteiger partial charge in [-0.2, -0.15) is 0 Å². The van der Waals surface area contributed by atoms with Gasteiger partial charge in [-0.25, -0.2) is 4.98 Å². The third-order valence-corrected chi connectivity index (χ3v) is 2.42. The van der Waals surface area contributed by atoms with Crippen LogP contribution in [0.25, 0.3) is 0 Å². The molecule has 0 aliphatic rings.